The van der Waals surface area contributed by atoms with E-state index in [1.165, 1.54) is 18.2 Å². The molecule has 0 aliphatic heterocycles. The van der Waals surface area contributed by atoms with Crippen LogP contribution in [0.15, 0.2) is 66.7 Å². The van der Waals surface area contributed by atoms with Crippen molar-refractivity contribution in [1.29, 1.82) is 0 Å². The molecule has 0 heterocycles. The van der Waals surface area contributed by atoms with E-state index in [-0.39, 0.29) is 41.8 Å². The summed E-state index contributed by atoms with van der Waals surface area (Å²) in [6.07, 6.45) is -1.58. The second kappa shape index (κ2) is 12.9. The summed E-state index contributed by atoms with van der Waals surface area (Å²) < 4.78 is 10.8. The molecule has 1 aliphatic carbocycles. The number of rotatable bonds is 9. The Kier molecular flexibility index (Phi) is 9.37. The summed E-state index contributed by atoms with van der Waals surface area (Å²) in [7, 11) is 0. The first-order chi connectivity index (χ1) is 19.9. The number of carbonyl (C=O) groups excluding carboxylic acids is 3. The van der Waals surface area contributed by atoms with E-state index in [2.05, 4.69) is 16.0 Å². The average Bonchev–Trinajstić information content (AvgIpc) is 3.24. The minimum Gasteiger partial charge on any atom is -0.478 e. The molecule has 0 saturated heterocycles. The maximum atomic E-state index is 13.3. The molecule has 220 valence electrons. The van der Waals surface area contributed by atoms with E-state index in [0.717, 1.165) is 22.3 Å². The monoisotopic (exact) mass is 593 g/mol. The van der Waals surface area contributed by atoms with Gasteiger partial charge < -0.3 is 30.5 Å². The SMILES string of the molecule is CC(C)(C)OC(=O)NCCC(NC(=O)OCC1c2ccccc2-c2ccccc21)C(=O)Nc1cc(Cl)ccc1C(=O)O. The highest BCUT2D eigenvalue weighted by Crippen LogP contribution is 2.44. The number of carboxylic acids is 1. The van der Waals surface area contributed by atoms with Crippen LogP contribution in [0, 0.1) is 0 Å². The first-order valence-corrected chi connectivity index (χ1v) is 13.7. The molecule has 3 aromatic carbocycles. The van der Waals surface area contributed by atoms with Crippen LogP contribution in [0.3, 0.4) is 0 Å². The lowest BCUT2D eigenvalue weighted by molar-refractivity contribution is -0.118. The molecule has 0 spiro atoms. The van der Waals surface area contributed by atoms with Gasteiger partial charge in [-0.3, -0.25) is 4.79 Å². The molecular formula is C31H32ClN3O7. The second-order valence-electron chi connectivity index (χ2n) is 10.7. The van der Waals surface area contributed by atoms with Crippen molar-refractivity contribution in [3.05, 3.63) is 88.4 Å². The summed E-state index contributed by atoms with van der Waals surface area (Å²) in [6, 6.07) is 18.5. The molecular weight excluding hydrogens is 562 g/mol. The van der Waals surface area contributed by atoms with Crippen LogP contribution in [0.5, 0.6) is 0 Å². The summed E-state index contributed by atoms with van der Waals surface area (Å²) in [4.78, 5) is 50.0. The van der Waals surface area contributed by atoms with E-state index in [9.17, 15) is 24.3 Å². The first-order valence-electron chi connectivity index (χ1n) is 13.3. The van der Waals surface area contributed by atoms with Crippen molar-refractivity contribution in [1.82, 2.24) is 10.6 Å². The lowest BCUT2D eigenvalue weighted by Gasteiger charge is -2.22. The highest BCUT2D eigenvalue weighted by Gasteiger charge is 2.30. The third-order valence-corrected chi connectivity index (χ3v) is 6.76. The normalized spacial score (nSPS) is 12.9. The minimum atomic E-state index is -1.27. The quantitative estimate of drug-likeness (QED) is 0.245. The Labute approximate surface area is 248 Å². The number of halogens is 1. The van der Waals surface area contributed by atoms with Crippen LogP contribution in [0.1, 0.15) is 54.6 Å². The largest absolute Gasteiger partial charge is 0.478 e. The fraction of sp³-hybridized carbons (Fsp3) is 0.290. The van der Waals surface area contributed by atoms with Gasteiger partial charge >= 0.3 is 18.2 Å². The van der Waals surface area contributed by atoms with Gasteiger partial charge in [0, 0.05) is 17.5 Å². The topological polar surface area (TPSA) is 143 Å². The van der Waals surface area contributed by atoms with Crippen molar-refractivity contribution in [2.75, 3.05) is 18.5 Å². The summed E-state index contributed by atoms with van der Waals surface area (Å²) in [5.74, 6) is -2.18. The van der Waals surface area contributed by atoms with Crippen LogP contribution in [-0.4, -0.2) is 54.0 Å². The Morgan fingerprint density at radius 3 is 2.14 bits per heavy atom. The number of alkyl carbamates (subject to hydrolysis) is 2. The molecule has 10 nitrogen and oxygen atoms in total. The van der Waals surface area contributed by atoms with Crippen molar-refractivity contribution in [2.24, 2.45) is 0 Å². The Morgan fingerprint density at radius 2 is 1.55 bits per heavy atom. The molecule has 4 rings (SSSR count). The van der Waals surface area contributed by atoms with Gasteiger partial charge in [0.1, 0.15) is 18.2 Å². The van der Waals surface area contributed by atoms with E-state index in [1.807, 2.05) is 48.5 Å². The number of hydrogen-bond acceptors (Lipinski definition) is 6. The fourth-order valence-corrected chi connectivity index (χ4v) is 4.88. The van der Waals surface area contributed by atoms with Gasteiger partial charge in [0.05, 0.1) is 11.3 Å². The van der Waals surface area contributed by atoms with Crippen LogP contribution in [0.25, 0.3) is 11.1 Å². The minimum absolute atomic E-state index is 0.0296. The molecule has 3 amide bonds. The first kappa shape index (κ1) is 30.4. The van der Waals surface area contributed by atoms with Crippen LogP contribution >= 0.6 is 11.6 Å². The number of hydrogen-bond donors (Lipinski definition) is 4. The lowest BCUT2D eigenvalue weighted by atomic mass is 9.98. The smallest absolute Gasteiger partial charge is 0.407 e. The van der Waals surface area contributed by atoms with Gasteiger partial charge in [-0.25, -0.2) is 14.4 Å². The van der Waals surface area contributed by atoms with Gasteiger partial charge in [0.15, 0.2) is 0 Å². The van der Waals surface area contributed by atoms with Crippen LogP contribution in [0.2, 0.25) is 5.02 Å². The Balaban J connectivity index is 1.46. The van der Waals surface area contributed by atoms with E-state index < -0.39 is 35.7 Å². The number of benzene rings is 3. The predicted octanol–water partition coefficient (Wildman–Crippen LogP) is 5.80. The summed E-state index contributed by atoms with van der Waals surface area (Å²) in [5, 5.41) is 17.3. The number of carboxylic acid groups (broad SMARTS) is 1. The molecule has 1 unspecified atom stereocenters. The van der Waals surface area contributed by atoms with E-state index in [4.69, 9.17) is 21.1 Å². The average molecular weight is 594 g/mol. The van der Waals surface area contributed by atoms with Crippen LogP contribution in [0.4, 0.5) is 15.3 Å². The van der Waals surface area contributed by atoms with Gasteiger partial charge in [-0.1, -0.05) is 60.1 Å². The van der Waals surface area contributed by atoms with Gasteiger partial charge in [0.25, 0.3) is 0 Å². The molecule has 0 radical (unpaired) electrons. The number of aromatic carboxylic acids is 1. The highest BCUT2D eigenvalue weighted by atomic mass is 35.5. The number of anilines is 1. The molecule has 0 fully saturated rings. The molecule has 1 atom stereocenters. The zero-order valence-corrected chi connectivity index (χ0v) is 24.2. The zero-order valence-electron chi connectivity index (χ0n) is 23.4. The third kappa shape index (κ3) is 7.58. The summed E-state index contributed by atoms with van der Waals surface area (Å²) in [5.41, 5.74) is 3.26. The standard InChI is InChI=1S/C31H32ClN3O7/c1-31(2,3)42-29(39)33-15-14-25(27(36)34-26-16-18(32)12-13-23(26)28(37)38)35-30(40)41-17-24-21-10-6-4-8-19(21)20-9-5-7-11-22(20)24/h4-13,16,24-25H,14-15,17H2,1-3H3,(H,33,39)(H,34,36)(H,35,40)(H,37,38). The molecule has 0 saturated carbocycles. The van der Waals surface area contributed by atoms with Crippen molar-refractivity contribution in [3.63, 3.8) is 0 Å². The lowest BCUT2D eigenvalue weighted by Crippen LogP contribution is -2.46. The van der Waals surface area contributed by atoms with Crippen molar-refractivity contribution in [2.45, 2.75) is 44.8 Å². The summed E-state index contributed by atoms with van der Waals surface area (Å²) in [6.45, 7) is 5.14. The van der Waals surface area contributed by atoms with E-state index >= 15 is 0 Å². The Bertz CT molecular complexity index is 1460. The number of ether oxygens (including phenoxy) is 2. The van der Waals surface area contributed by atoms with Gasteiger partial charge in [-0.05, 0) is 67.6 Å². The molecule has 0 bridgehead atoms. The van der Waals surface area contributed by atoms with Gasteiger partial charge in [-0.2, -0.15) is 0 Å². The van der Waals surface area contributed by atoms with Crippen molar-refractivity contribution in [3.8, 4) is 11.1 Å². The maximum Gasteiger partial charge on any atom is 0.407 e. The molecule has 11 heteroatoms. The zero-order chi connectivity index (χ0) is 30.4. The number of nitrogens with one attached hydrogen (secondary N) is 3. The van der Waals surface area contributed by atoms with Gasteiger partial charge in [-0.15, -0.1) is 0 Å². The molecule has 42 heavy (non-hydrogen) atoms. The molecule has 0 aromatic heterocycles. The van der Waals surface area contributed by atoms with Crippen molar-refractivity contribution >= 4 is 41.4 Å². The second-order valence-corrected chi connectivity index (χ2v) is 11.2. The highest BCUT2D eigenvalue weighted by molar-refractivity contribution is 6.31. The summed E-state index contributed by atoms with van der Waals surface area (Å²) >= 11 is 6.02. The van der Waals surface area contributed by atoms with Crippen molar-refractivity contribution < 1.29 is 33.8 Å². The molecule has 4 N–H and O–H groups in total. The molecule has 3 aromatic rings. The predicted molar refractivity (Wildman–Crippen MR) is 158 cm³/mol. The Hall–Kier alpha value is -4.57. The number of carbonyl (C=O) groups is 4. The van der Waals surface area contributed by atoms with Crippen LogP contribution in [-0.2, 0) is 14.3 Å². The number of fused-ring (bicyclic) bond motifs is 3. The third-order valence-electron chi connectivity index (χ3n) is 6.52. The van der Waals surface area contributed by atoms with Gasteiger partial charge in [0.2, 0.25) is 5.91 Å². The fourth-order valence-electron chi connectivity index (χ4n) is 4.71. The Morgan fingerprint density at radius 1 is 0.929 bits per heavy atom. The maximum absolute atomic E-state index is 13.3. The molecule has 1 aliphatic rings. The van der Waals surface area contributed by atoms with E-state index in [1.54, 1.807) is 20.8 Å². The van der Waals surface area contributed by atoms with Crippen LogP contribution < -0.4 is 16.0 Å². The van der Waals surface area contributed by atoms with E-state index in [0.29, 0.717) is 0 Å². The number of amides is 3.